The lowest BCUT2D eigenvalue weighted by Crippen LogP contribution is -2.42. The van der Waals surface area contributed by atoms with Crippen LogP contribution in [0.25, 0.3) is 0 Å². The zero-order valence-corrected chi connectivity index (χ0v) is 14.0. The van der Waals surface area contributed by atoms with E-state index in [4.69, 9.17) is 9.84 Å². The van der Waals surface area contributed by atoms with Crippen molar-refractivity contribution < 1.29 is 19.4 Å². The van der Waals surface area contributed by atoms with Crippen LogP contribution in [0.4, 0.5) is 0 Å². The average molecular weight is 340 g/mol. The maximum Gasteiger partial charge on any atom is 0.354 e. The van der Waals surface area contributed by atoms with Crippen LogP contribution in [-0.4, -0.2) is 46.6 Å². The number of hydrogen-bond acceptors (Lipinski definition) is 4. The van der Waals surface area contributed by atoms with Crippen molar-refractivity contribution in [1.82, 2.24) is 9.88 Å². The summed E-state index contributed by atoms with van der Waals surface area (Å²) in [5.41, 5.74) is 2.29. The number of amides is 1. The van der Waals surface area contributed by atoms with Crippen molar-refractivity contribution in [3.63, 3.8) is 0 Å². The summed E-state index contributed by atoms with van der Waals surface area (Å²) in [5, 5.41) is 9.03. The van der Waals surface area contributed by atoms with Crippen LogP contribution in [-0.2, 0) is 11.2 Å². The van der Waals surface area contributed by atoms with Gasteiger partial charge < -0.3 is 14.7 Å². The van der Waals surface area contributed by atoms with Crippen LogP contribution >= 0.6 is 0 Å². The molecule has 1 aliphatic rings. The highest BCUT2D eigenvalue weighted by Crippen LogP contribution is 2.23. The summed E-state index contributed by atoms with van der Waals surface area (Å²) in [6, 6.07) is 12.6. The summed E-state index contributed by atoms with van der Waals surface area (Å²) >= 11 is 0. The summed E-state index contributed by atoms with van der Waals surface area (Å²) in [5.74, 6) is -1.42. The Kier molecular flexibility index (Phi) is 5.09. The van der Waals surface area contributed by atoms with E-state index in [0.717, 1.165) is 12.0 Å². The predicted molar refractivity (Wildman–Crippen MR) is 91.6 cm³/mol. The van der Waals surface area contributed by atoms with Crippen molar-refractivity contribution in [1.29, 1.82) is 0 Å². The Labute approximate surface area is 146 Å². The first-order valence-corrected chi connectivity index (χ1v) is 8.28. The zero-order chi connectivity index (χ0) is 17.8. The van der Waals surface area contributed by atoms with Gasteiger partial charge in [-0.05, 0) is 29.7 Å². The molecule has 130 valence electrons. The Morgan fingerprint density at radius 3 is 2.60 bits per heavy atom. The number of benzene rings is 1. The van der Waals surface area contributed by atoms with Crippen molar-refractivity contribution in [3.05, 3.63) is 65.0 Å². The molecule has 25 heavy (non-hydrogen) atoms. The van der Waals surface area contributed by atoms with E-state index in [-0.39, 0.29) is 23.4 Å². The second kappa shape index (κ2) is 7.44. The third-order valence-corrected chi connectivity index (χ3v) is 4.30. The van der Waals surface area contributed by atoms with E-state index in [1.165, 1.54) is 23.8 Å². The van der Waals surface area contributed by atoms with Gasteiger partial charge in [-0.25, -0.2) is 9.78 Å². The SMILES string of the molecule is CCc1ccc(C2CN(C(=O)c3cccc(C(=O)O)n3)CCO2)cc1. The van der Waals surface area contributed by atoms with Crippen LogP contribution in [0.1, 0.15) is 45.1 Å². The van der Waals surface area contributed by atoms with Gasteiger partial charge in [-0.1, -0.05) is 37.3 Å². The normalized spacial score (nSPS) is 17.3. The van der Waals surface area contributed by atoms with E-state index in [2.05, 4.69) is 24.0 Å². The minimum absolute atomic E-state index is 0.134. The van der Waals surface area contributed by atoms with Crippen LogP contribution in [0.2, 0.25) is 0 Å². The van der Waals surface area contributed by atoms with E-state index in [1.54, 1.807) is 4.90 Å². The van der Waals surface area contributed by atoms with Crippen molar-refractivity contribution >= 4 is 11.9 Å². The molecular formula is C19H20N2O4. The summed E-state index contributed by atoms with van der Waals surface area (Å²) < 4.78 is 5.81. The number of nitrogens with zero attached hydrogens (tertiary/aromatic N) is 2. The number of morpholine rings is 1. The lowest BCUT2D eigenvalue weighted by molar-refractivity contribution is -0.0230. The number of aromatic carboxylic acids is 1. The van der Waals surface area contributed by atoms with Gasteiger partial charge in [0.15, 0.2) is 0 Å². The highest BCUT2D eigenvalue weighted by atomic mass is 16.5. The molecule has 3 rings (SSSR count). The number of rotatable bonds is 4. The second-order valence-corrected chi connectivity index (χ2v) is 5.92. The van der Waals surface area contributed by atoms with Gasteiger partial charge in [0.25, 0.3) is 5.91 Å². The summed E-state index contributed by atoms with van der Waals surface area (Å²) in [6.45, 7) is 3.42. The molecule has 1 aromatic heterocycles. The van der Waals surface area contributed by atoms with Crippen molar-refractivity contribution in [2.24, 2.45) is 0 Å². The van der Waals surface area contributed by atoms with Crippen LogP contribution in [0.3, 0.4) is 0 Å². The van der Waals surface area contributed by atoms with Gasteiger partial charge in [0.2, 0.25) is 0 Å². The smallest absolute Gasteiger partial charge is 0.354 e. The van der Waals surface area contributed by atoms with Crippen LogP contribution in [0.5, 0.6) is 0 Å². The molecule has 1 N–H and O–H groups in total. The third-order valence-electron chi connectivity index (χ3n) is 4.30. The molecule has 1 atom stereocenters. The first-order chi connectivity index (χ1) is 12.1. The standard InChI is InChI=1S/C19H20N2O4/c1-2-13-6-8-14(9-7-13)17-12-21(10-11-25-17)18(22)15-4-3-5-16(20-15)19(23)24/h3-9,17H,2,10-12H2,1H3,(H,23,24). The Bertz CT molecular complexity index is 773. The molecule has 0 spiro atoms. The van der Waals surface area contributed by atoms with Gasteiger partial charge in [0, 0.05) is 6.54 Å². The number of hydrogen-bond donors (Lipinski definition) is 1. The van der Waals surface area contributed by atoms with Gasteiger partial charge in [-0.15, -0.1) is 0 Å². The Morgan fingerprint density at radius 2 is 1.92 bits per heavy atom. The van der Waals surface area contributed by atoms with Gasteiger partial charge in [-0.3, -0.25) is 4.79 Å². The van der Waals surface area contributed by atoms with E-state index < -0.39 is 5.97 Å². The number of carbonyl (C=O) groups is 2. The Hall–Kier alpha value is -2.73. The molecule has 1 amide bonds. The maximum atomic E-state index is 12.7. The topological polar surface area (TPSA) is 79.7 Å². The zero-order valence-electron chi connectivity index (χ0n) is 14.0. The minimum Gasteiger partial charge on any atom is -0.477 e. The highest BCUT2D eigenvalue weighted by Gasteiger charge is 2.27. The lowest BCUT2D eigenvalue weighted by atomic mass is 10.0. The highest BCUT2D eigenvalue weighted by molar-refractivity contribution is 5.94. The number of aryl methyl sites for hydroxylation is 1. The number of carbonyl (C=O) groups excluding carboxylic acids is 1. The first kappa shape index (κ1) is 17.1. The monoisotopic (exact) mass is 340 g/mol. The predicted octanol–water partition coefficient (Wildman–Crippen LogP) is 2.56. The number of carboxylic acids is 1. The van der Waals surface area contributed by atoms with E-state index in [9.17, 15) is 9.59 Å². The number of pyridine rings is 1. The molecule has 1 unspecified atom stereocenters. The van der Waals surface area contributed by atoms with Crippen LogP contribution in [0, 0.1) is 0 Å². The van der Waals surface area contributed by atoms with Gasteiger partial charge in [0.05, 0.1) is 13.2 Å². The Morgan fingerprint density at radius 1 is 1.20 bits per heavy atom. The number of aromatic nitrogens is 1. The van der Waals surface area contributed by atoms with Crippen LogP contribution in [0.15, 0.2) is 42.5 Å². The van der Waals surface area contributed by atoms with E-state index >= 15 is 0 Å². The molecular weight excluding hydrogens is 320 g/mol. The average Bonchev–Trinajstić information content (AvgIpc) is 2.67. The molecule has 0 saturated carbocycles. The Balaban J connectivity index is 1.75. The van der Waals surface area contributed by atoms with Crippen molar-refractivity contribution in [3.8, 4) is 0 Å². The van der Waals surface area contributed by atoms with Gasteiger partial charge >= 0.3 is 5.97 Å². The number of carboxylic acid groups (broad SMARTS) is 1. The number of ether oxygens (including phenoxy) is 1. The fraction of sp³-hybridized carbons (Fsp3) is 0.316. The molecule has 1 aromatic carbocycles. The van der Waals surface area contributed by atoms with Crippen molar-refractivity contribution in [2.75, 3.05) is 19.7 Å². The molecule has 2 aromatic rings. The summed E-state index contributed by atoms with van der Waals surface area (Å²) in [4.78, 5) is 29.3. The van der Waals surface area contributed by atoms with Gasteiger partial charge in [0.1, 0.15) is 17.5 Å². The van der Waals surface area contributed by atoms with E-state index in [1.807, 2.05) is 12.1 Å². The summed E-state index contributed by atoms with van der Waals surface area (Å²) in [7, 11) is 0. The molecule has 1 saturated heterocycles. The molecule has 0 bridgehead atoms. The lowest BCUT2D eigenvalue weighted by Gasteiger charge is -2.33. The molecule has 0 aliphatic carbocycles. The largest absolute Gasteiger partial charge is 0.477 e. The second-order valence-electron chi connectivity index (χ2n) is 5.92. The quantitative estimate of drug-likeness (QED) is 0.925. The molecule has 6 heteroatoms. The van der Waals surface area contributed by atoms with Gasteiger partial charge in [-0.2, -0.15) is 0 Å². The first-order valence-electron chi connectivity index (χ1n) is 8.28. The molecule has 1 aliphatic heterocycles. The summed E-state index contributed by atoms with van der Waals surface area (Å²) in [6.07, 6.45) is 0.786. The minimum atomic E-state index is -1.15. The molecule has 2 heterocycles. The third kappa shape index (κ3) is 3.85. The fourth-order valence-electron chi connectivity index (χ4n) is 2.84. The fourth-order valence-corrected chi connectivity index (χ4v) is 2.84. The van der Waals surface area contributed by atoms with E-state index in [0.29, 0.717) is 19.7 Å². The molecule has 1 fully saturated rings. The molecule has 6 nitrogen and oxygen atoms in total. The maximum absolute atomic E-state index is 12.7. The van der Waals surface area contributed by atoms with Crippen molar-refractivity contribution in [2.45, 2.75) is 19.4 Å². The van der Waals surface area contributed by atoms with Crippen LogP contribution < -0.4 is 0 Å². The molecule has 0 radical (unpaired) electrons.